The number of anilines is 1. The summed E-state index contributed by atoms with van der Waals surface area (Å²) in [4.78, 5) is 32.2. The number of hydrogen-bond donors (Lipinski definition) is 0. The van der Waals surface area contributed by atoms with Gasteiger partial charge in [0.25, 0.3) is 0 Å². The van der Waals surface area contributed by atoms with Gasteiger partial charge in [0.2, 0.25) is 6.41 Å². The topological polar surface area (TPSA) is 95.8 Å². The van der Waals surface area contributed by atoms with E-state index in [1.165, 1.54) is 4.90 Å². The van der Waals surface area contributed by atoms with Crippen LogP contribution in [0.2, 0.25) is 0 Å². The van der Waals surface area contributed by atoms with Crippen LogP contribution in [0.25, 0.3) is 0 Å². The average Bonchev–Trinajstić information content (AvgIpc) is 2.71. The van der Waals surface area contributed by atoms with E-state index in [0.29, 0.717) is 43.9 Å². The minimum Gasteiger partial charge on any atom is -0.464 e. The average molecular weight is 415 g/mol. The predicted octanol–water partition coefficient (Wildman–Crippen LogP) is 2.14. The number of carbonyl (C=O) groups excluding carboxylic acids is 2. The monoisotopic (exact) mass is 414 g/mol. The molecule has 8 heteroatoms. The van der Waals surface area contributed by atoms with E-state index in [-0.39, 0.29) is 24.7 Å². The van der Waals surface area contributed by atoms with Gasteiger partial charge in [-0.05, 0) is 32.3 Å². The molecule has 0 radical (unpaired) electrons. The van der Waals surface area contributed by atoms with Gasteiger partial charge >= 0.3 is 5.97 Å². The van der Waals surface area contributed by atoms with Crippen LogP contribution >= 0.6 is 0 Å². The Kier molecular flexibility index (Phi) is 6.32. The first-order valence-electron chi connectivity index (χ1n) is 10.4. The second-order valence-electron chi connectivity index (χ2n) is 8.70. The highest BCUT2D eigenvalue weighted by Crippen LogP contribution is 2.37. The number of carbonyl (C=O) groups is 2. The highest BCUT2D eigenvalue weighted by molar-refractivity contribution is 5.80. The number of nitrogens with zero attached hydrogens (tertiary/aromatic N) is 4. The molecule has 0 spiro atoms. The van der Waals surface area contributed by atoms with Gasteiger partial charge in [-0.3, -0.25) is 4.79 Å². The maximum Gasteiger partial charge on any atom is 0.330 e. The molecule has 0 saturated carbocycles. The van der Waals surface area contributed by atoms with Crippen LogP contribution in [0.15, 0.2) is 0 Å². The van der Waals surface area contributed by atoms with E-state index in [9.17, 15) is 14.9 Å². The Hall–Kier alpha value is -2.66. The molecule has 1 unspecified atom stereocenters. The minimum atomic E-state index is -0.720. The van der Waals surface area contributed by atoms with E-state index in [2.05, 4.69) is 19.9 Å². The van der Waals surface area contributed by atoms with E-state index in [4.69, 9.17) is 14.5 Å². The first-order chi connectivity index (χ1) is 14.2. The van der Waals surface area contributed by atoms with Crippen molar-refractivity contribution in [2.24, 2.45) is 0 Å². The number of ether oxygens (including phenoxy) is 2. The van der Waals surface area contributed by atoms with E-state index in [1.54, 1.807) is 6.92 Å². The molecule has 1 aromatic rings. The molecule has 3 heterocycles. The molecule has 0 N–H and O–H groups in total. The molecular formula is C22H30N4O4. The first-order valence-corrected chi connectivity index (χ1v) is 10.4. The van der Waals surface area contributed by atoms with Crippen molar-refractivity contribution in [1.29, 1.82) is 5.26 Å². The molecule has 8 nitrogen and oxygen atoms in total. The summed E-state index contributed by atoms with van der Waals surface area (Å²) in [7, 11) is 0. The van der Waals surface area contributed by atoms with Gasteiger partial charge in [0.1, 0.15) is 17.9 Å². The Morgan fingerprint density at radius 2 is 2.13 bits per heavy atom. The van der Waals surface area contributed by atoms with Crippen LogP contribution in [-0.2, 0) is 32.1 Å². The van der Waals surface area contributed by atoms with Crippen molar-refractivity contribution < 1.29 is 19.1 Å². The number of rotatable bonds is 5. The lowest BCUT2D eigenvalue weighted by Gasteiger charge is -2.40. The molecule has 30 heavy (non-hydrogen) atoms. The van der Waals surface area contributed by atoms with Gasteiger partial charge in [-0.1, -0.05) is 13.8 Å². The van der Waals surface area contributed by atoms with Gasteiger partial charge in [0, 0.05) is 25.1 Å². The summed E-state index contributed by atoms with van der Waals surface area (Å²) in [5, 5.41) is 10.0. The Morgan fingerprint density at radius 1 is 1.40 bits per heavy atom. The van der Waals surface area contributed by atoms with Gasteiger partial charge < -0.3 is 19.3 Å². The Balaban J connectivity index is 2.07. The van der Waals surface area contributed by atoms with Gasteiger partial charge in [-0.25, -0.2) is 9.78 Å². The first kappa shape index (κ1) is 22.0. The molecular weight excluding hydrogens is 384 g/mol. The third-order valence-electron chi connectivity index (χ3n) is 5.71. The fourth-order valence-corrected chi connectivity index (χ4v) is 4.17. The molecule has 2 aliphatic rings. The fraction of sp³-hybridized carbons (Fsp3) is 0.636. The zero-order valence-electron chi connectivity index (χ0n) is 18.4. The smallest absolute Gasteiger partial charge is 0.330 e. The molecule has 1 fully saturated rings. The molecule has 0 aromatic carbocycles. The van der Waals surface area contributed by atoms with E-state index in [1.807, 2.05) is 18.7 Å². The number of fused-ring (bicyclic) bond motifs is 1. The van der Waals surface area contributed by atoms with Crippen LogP contribution < -0.4 is 4.90 Å². The third kappa shape index (κ3) is 4.12. The number of pyridine rings is 1. The molecule has 0 aliphatic carbocycles. The number of nitriles is 1. The molecule has 2 aliphatic heterocycles. The van der Waals surface area contributed by atoms with Crippen molar-refractivity contribution in [2.45, 2.75) is 65.2 Å². The van der Waals surface area contributed by atoms with Crippen molar-refractivity contribution >= 4 is 18.2 Å². The Labute approximate surface area is 177 Å². The Morgan fingerprint density at radius 3 is 2.73 bits per heavy atom. The molecule has 1 saturated heterocycles. The van der Waals surface area contributed by atoms with E-state index >= 15 is 0 Å². The summed E-state index contributed by atoms with van der Waals surface area (Å²) in [6, 6.07) is 1.64. The predicted molar refractivity (Wildman–Crippen MR) is 111 cm³/mol. The highest BCUT2D eigenvalue weighted by atomic mass is 16.5. The van der Waals surface area contributed by atoms with Crippen LogP contribution in [0.5, 0.6) is 0 Å². The summed E-state index contributed by atoms with van der Waals surface area (Å²) in [5.41, 5.74) is 3.06. The number of piperazine rings is 1. The minimum absolute atomic E-state index is 0.159. The zero-order valence-corrected chi connectivity index (χ0v) is 18.4. The van der Waals surface area contributed by atoms with Gasteiger partial charge in [-0.15, -0.1) is 0 Å². The molecule has 162 valence electrons. The van der Waals surface area contributed by atoms with E-state index in [0.717, 1.165) is 16.8 Å². The summed E-state index contributed by atoms with van der Waals surface area (Å²) < 4.78 is 11.2. The lowest BCUT2D eigenvalue weighted by Crippen LogP contribution is -2.56. The molecule has 0 bridgehead atoms. The van der Waals surface area contributed by atoms with Crippen LogP contribution in [0.1, 0.15) is 62.9 Å². The van der Waals surface area contributed by atoms with Gasteiger partial charge in [-0.2, -0.15) is 5.26 Å². The Bertz CT molecular complexity index is 875. The van der Waals surface area contributed by atoms with E-state index < -0.39 is 12.0 Å². The zero-order chi connectivity index (χ0) is 22.1. The molecule has 1 aromatic heterocycles. The molecule has 1 amide bonds. The molecule has 3 rings (SSSR count). The maximum absolute atomic E-state index is 12.4. The number of esters is 1. The van der Waals surface area contributed by atoms with Crippen LogP contribution in [0.4, 0.5) is 5.82 Å². The lowest BCUT2D eigenvalue weighted by molar-refractivity contribution is -0.152. The second-order valence-corrected chi connectivity index (χ2v) is 8.70. The summed E-state index contributed by atoms with van der Waals surface area (Å²) >= 11 is 0. The van der Waals surface area contributed by atoms with Crippen LogP contribution in [0, 0.1) is 11.3 Å². The van der Waals surface area contributed by atoms with Crippen molar-refractivity contribution in [1.82, 2.24) is 9.88 Å². The third-order valence-corrected chi connectivity index (χ3v) is 5.71. The molecule has 1 atom stereocenters. The fourth-order valence-electron chi connectivity index (χ4n) is 4.17. The number of aromatic nitrogens is 1. The number of hydrogen-bond acceptors (Lipinski definition) is 7. The summed E-state index contributed by atoms with van der Waals surface area (Å²) in [6.45, 7) is 11.7. The quantitative estimate of drug-likeness (QED) is 0.538. The van der Waals surface area contributed by atoms with Crippen LogP contribution in [0.3, 0.4) is 0 Å². The number of amides is 1. The summed E-state index contributed by atoms with van der Waals surface area (Å²) in [6.07, 6.45) is 1.31. The summed E-state index contributed by atoms with van der Waals surface area (Å²) in [5.74, 6) is 0.300. The SMILES string of the molecule is CCOC(=O)C1CN(c2nc(C(C)C)c3c(c2C#N)CC(C)(C)OC3)CCN1C=O. The van der Waals surface area contributed by atoms with Crippen molar-refractivity contribution in [3.05, 3.63) is 22.4 Å². The second kappa shape index (κ2) is 8.60. The lowest BCUT2D eigenvalue weighted by atomic mass is 9.86. The van der Waals surface area contributed by atoms with Crippen molar-refractivity contribution in [2.75, 3.05) is 31.1 Å². The van der Waals surface area contributed by atoms with Crippen molar-refractivity contribution in [3.63, 3.8) is 0 Å². The van der Waals surface area contributed by atoms with Gasteiger partial charge in [0.15, 0.2) is 0 Å². The normalized spacial score (nSPS) is 20.5. The standard InChI is InChI=1S/C22H30N4O4/c1-6-29-21(28)18-11-25(7-8-26(18)13-27)20-16(10-23)15-9-22(4,5)30-12-17(15)19(24-20)14(2)3/h13-14,18H,6-9,11-12H2,1-5H3. The van der Waals surface area contributed by atoms with Crippen molar-refractivity contribution in [3.8, 4) is 6.07 Å². The largest absolute Gasteiger partial charge is 0.464 e. The highest BCUT2D eigenvalue weighted by Gasteiger charge is 2.37. The van der Waals surface area contributed by atoms with Crippen LogP contribution in [-0.4, -0.2) is 60.1 Å². The maximum atomic E-state index is 12.4. The van der Waals surface area contributed by atoms with Gasteiger partial charge in [0.05, 0.1) is 36.6 Å².